The smallest absolute Gasteiger partial charge is 0.325 e. The summed E-state index contributed by atoms with van der Waals surface area (Å²) in [6.07, 6.45) is 0. The van der Waals surface area contributed by atoms with Crippen LogP contribution in [0.4, 0.5) is 10.1 Å². The molecule has 0 aliphatic carbocycles. The summed E-state index contributed by atoms with van der Waals surface area (Å²) in [5.41, 5.74) is 5.88. The summed E-state index contributed by atoms with van der Waals surface area (Å²) in [6, 6.07) is 2.64. The van der Waals surface area contributed by atoms with Gasteiger partial charge in [0.1, 0.15) is 12.4 Å². The maximum absolute atomic E-state index is 13.6. The van der Waals surface area contributed by atoms with E-state index < -0.39 is 17.7 Å². The number of methoxy groups -OCH3 is 1. The SMILES string of the molecule is COC(=O)CNC(=O)c1cc(N)cc(C)c1F. The minimum absolute atomic E-state index is 0.189. The van der Waals surface area contributed by atoms with E-state index in [1.54, 1.807) is 0 Å². The number of halogens is 1. The Bertz CT molecular complexity index is 460. The summed E-state index contributed by atoms with van der Waals surface area (Å²) in [7, 11) is 1.19. The number of aryl methyl sites for hydroxylation is 1. The van der Waals surface area contributed by atoms with Crippen molar-refractivity contribution in [3.8, 4) is 0 Å². The molecule has 1 aromatic rings. The molecule has 0 aliphatic rings. The van der Waals surface area contributed by atoms with Gasteiger partial charge in [-0.2, -0.15) is 0 Å². The fraction of sp³-hybridized carbons (Fsp3) is 0.273. The van der Waals surface area contributed by atoms with Crippen molar-refractivity contribution in [3.05, 3.63) is 29.1 Å². The molecule has 1 rings (SSSR count). The number of amides is 1. The molecule has 0 aliphatic heterocycles. The van der Waals surface area contributed by atoms with Gasteiger partial charge < -0.3 is 15.8 Å². The van der Waals surface area contributed by atoms with Gasteiger partial charge in [-0.1, -0.05) is 0 Å². The lowest BCUT2D eigenvalue weighted by atomic mass is 10.1. The molecule has 0 heterocycles. The van der Waals surface area contributed by atoms with Crippen molar-refractivity contribution in [2.75, 3.05) is 19.4 Å². The zero-order valence-electron chi connectivity index (χ0n) is 9.54. The van der Waals surface area contributed by atoms with E-state index in [0.29, 0.717) is 0 Å². The molecule has 0 aromatic heterocycles. The zero-order chi connectivity index (χ0) is 13.0. The predicted molar refractivity (Wildman–Crippen MR) is 59.9 cm³/mol. The fourth-order valence-electron chi connectivity index (χ4n) is 1.28. The van der Waals surface area contributed by atoms with Crippen LogP contribution in [-0.2, 0) is 9.53 Å². The van der Waals surface area contributed by atoms with Gasteiger partial charge in [0.2, 0.25) is 0 Å². The van der Waals surface area contributed by atoms with Crippen molar-refractivity contribution in [1.29, 1.82) is 0 Å². The Morgan fingerprint density at radius 2 is 2.12 bits per heavy atom. The highest BCUT2D eigenvalue weighted by Crippen LogP contribution is 2.16. The summed E-state index contributed by atoms with van der Waals surface area (Å²) in [5.74, 6) is -1.97. The Kier molecular flexibility index (Phi) is 4.03. The van der Waals surface area contributed by atoms with Crippen LogP contribution >= 0.6 is 0 Å². The molecular weight excluding hydrogens is 227 g/mol. The third-order valence-corrected chi connectivity index (χ3v) is 2.14. The van der Waals surface area contributed by atoms with Gasteiger partial charge in [-0.05, 0) is 24.6 Å². The van der Waals surface area contributed by atoms with E-state index in [1.165, 1.54) is 26.2 Å². The van der Waals surface area contributed by atoms with Crippen molar-refractivity contribution in [1.82, 2.24) is 5.32 Å². The van der Waals surface area contributed by atoms with Crippen LogP contribution in [0, 0.1) is 12.7 Å². The first-order valence-corrected chi connectivity index (χ1v) is 4.86. The largest absolute Gasteiger partial charge is 0.468 e. The van der Waals surface area contributed by atoms with Crippen molar-refractivity contribution in [2.24, 2.45) is 0 Å². The van der Waals surface area contributed by atoms with Crippen LogP contribution in [0.2, 0.25) is 0 Å². The number of ether oxygens (including phenoxy) is 1. The molecule has 0 saturated carbocycles. The first kappa shape index (κ1) is 13.0. The van der Waals surface area contributed by atoms with Gasteiger partial charge in [0, 0.05) is 5.69 Å². The van der Waals surface area contributed by atoms with Crippen LogP contribution < -0.4 is 11.1 Å². The monoisotopic (exact) mass is 240 g/mol. The molecule has 6 heteroatoms. The second-order valence-corrected chi connectivity index (χ2v) is 3.46. The zero-order valence-corrected chi connectivity index (χ0v) is 9.54. The van der Waals surface area contributed by atoms with Crippen LogP contribution in [0.5, 0.6) is 0 Å². The van der Waals surface area contributed by atoms with Gasteiger partial charge in [-0.25, -0.2) is 4.39 Å². The number of hydrogen-bond donors (Lipinski definition) is 2. The topological polar surface area (TPSA) is 81.4 Å². The van der Waals surface area contributed by atoms with E-state index in [-0.39, 0.29) is 23.4 Å². The lowest BCUT2D eigenvalue weighted by molar-refractivity contribution is -0.139. The number of hydrogen-bond acceptors (Lipinski definition) is 4. The van der Waals surface area contributed by atoms with Gasteiger partial charge in [-0.3, -0.25) is 9.59 Å². The van der Waals surface area contributed by atoms with Crippen LogP contribution in [0.3, 0.4) is 0 Å². The second-order valence-electron chi connectivity index (χ2n) is 3.46. The number of benzene rings is 1. The molecule has 1 amide bonds. The molecule has 17 heavy (non-hydrogen) atoms. The lowest BCUT2D eigenvalue weighted by Crippen LogP contribution is -2.30. The van der Waals surface area contributed by atoms with Gasteiger partial charge in [-0.15, -0.1) is 0 Å². The molecule has 0 atom stereocenters. The molecule has 0 fully saturated rings. The van der Waals surface area contributed by atoms with E-state index in [4.69, 9.17) is 5.73 Å². The van der Waals surface area contributed by atoms with Crippen molar-refractivity contribution < 1.29 is 18.7 Å². The highest BCUT2D eigenvalue weighted by atomic mass is 19.1. The number of anilines is 1. The Morgan fingerprint density at radius 1 is 1.47 bits per heavy atom. The molecule has 0 saturated heterocycles. The number of esters is 1. The van der Waals surface area contributed by atoms with Crippen molar-refractivity contribution in [2.45, 2.75) is 6.92 Å². The van der Waals surface area contributed by atoms with E-state index in [9.17, 15) is 14.0 Å². The highest BCUT2D eigenvalue weighted by molar-refractivity contribution is 5.97. The summed E-state index contributed by atoms with van der Waals surface area (Å²) in [5, 5.41) is 2.24. The number of nitrogens with one attached hydrogen (secondary N) is 1. The average molecular weight is 240 g/mol. The molecule has 3 N–H and O–H groups in total. The molecular formula is C11H13FN2O3. The molecule has 0 spiro atoms. The minimum atomic E-state index is -0.705. The number of carbonyl (C=O) groups is 2. The summed E-state index contributed by atoms with van der Waals surface area (Å²) in [4.78, 5) is 22.4. The molecule has 1 aromatic carbocycles. The Hall–Kier alpha value is -2.11. The van der Waals surface area contributed by atoms with Crippen LogP contribution in [0.15, 0.2) is 12.1 Å². The molecule has 0 radical (unpaired) electrons. The van der Waals surface area contributed by atoms with Crippen LogP contribution in [0.25, 0.3) is 0 Å². The molecule has 0 bridgehead atoms. The van der Waals surface area contributed by atoms with Gasteiger partial charge in [0.25, 0.3) is 5.91 Å². The van der Waals surface area contributed by atoms with Gasteiger partial charge in [0.15, 0.2) is 0 Å². The van der Waals surface area contributed by atoms with Crippen molar-refractivity contribution in [3.63, 3.8) is 0 Å². The van der Waals surface area contributed by atoms with E-state index in [2.05, 4.69) is 10.1 Å². The van der Waals surface area contributed by atoms with E-state index in [0.717, 1.165) is 0 Å². The van der Waals surface area contributed by atoms with Crippen LogP contribution in [-0.4, -0.2) is 25.5 Å². The normalized spacial score (nSPS) is 9.82. The average Bonchev–Trinajstić information content (AvgIpc) is 2.30. The lowest BCUT2D eigenvalue weighted by Gasteiger charge is -2.07. The standard InChI is InChI=1S/C11H13FN2O3/c1-6-3-7(13)4-8(10(6)12)11(16)14-5-9(15)17-2/h3-4H,5,13H2,1-2H3,(H,14,16). The minimum Gasteiger partial charge on any atom is -0.468 e. The van der Waals surface area contributed by atoms with Gasteiger partial charge in [0.05, 0.1) is 12.7 Å². The highest BCUT2D eigenvalue weighted by Gasteiger charge is 2.15. The summed E-state index contributed by atoms with van der Waals surface area (Å²) in [6.45, 7) is 1.19. The Labute approximate surface area is 97.7 Å². The maximum atomic E-state index is 13.6. The van der Waals surface area contributed by atoms with E-state index >= 15 is 0 Å². The summed E-state index contributed by atoms with van der Waals surface area (Å²) >= 11 is 0. The van der Waals surface area contributed by atoms with Crippen LogP contribution in [0.1, 0.15) is 15.9 Å². The number of rotatable bonds is 3. The number of nitrogens with two attached hydrogens (primary N) is 1. The summed E-state index contributed by atoms with van der Waals surface area (Å²) < 4.78 is 17.9. The quantitative estimate of drug-likeness (QED) is 0.599. The van der Waals surface area contributed by atoms with E-state index in [1.807, 2.05) is 0 Å². The fourth-order valence-corrected chi connectivity index (χ4v) is 1.28. The number of nitrogen functional groups attached to an aromatic ring is 1. The van der Waals surface area contributed by atoms with Gasteiger partial charge >= 0.3 is 5.97 Å². The maximum Gasteiger partial charge on any atom is 0.325 e. The molecule has 92 valence electrons. The third kappa shape index (κ3) is 3.17. The Balaban J connectivity index is 2.86. The number of carbonyl (C=O) groups excluding carboxylic acids is 2. The first-order chi connectivity index (χ1) is 7.95. The third-order valence-electron chi connectivity index (χ3n) is 2.14. The van der Waals surface area contributed by atoms with Crippen molar-refractivity contribution >= 4 is 17.6 Å². The molecule has 5 nitrogen and oxygen atoms in total. The Morgan fingerprint density at radius 3 is 2.71 bits per heavy atom. The molecule has 0 unspecified atom stereocenters. The predicted octanol–water partition coefficient (Wildman–Crippen LogP) is 0.619. The first-order valence-electron chi connectivity index (χ1n) is 4.86. The second kappa shape index (κ2) is 5.29.